The maximum atomic E-state index is 10.5. The average Bonchev–Trinajstić information content (AvgIpc) is 2.31. The Hall–Kier alpha value is -0.330. The standard InChI is InChI=1S/C5H9IN2O2/c1-2-7-8-6-4-3-5(9)10-6/h2,8H,3-4H2,1H3/b7-2+. The normalized spacial score (nSPS) is 21.7. The second kappa shape index (κ2) is 3.75. The van der Waals surface area contributed by atoms with E-state index in [1.165, 1.54) is 0 Å². The Morgan fingerprint density at radius 3 is 3.20 bits per heavy atom. The van der Waals surface area contributed by atoms with Gasteiger partial charge >= 0.3 is 67.1 Å². The molecule has 1 aliphatic rings. The number of nitrogens with zero attached hydrogens (tertiary/aromatic N) is 1. The van der Waals surface area contributed by atoms with Gasteiger partial charge in [0, 0.05) is 0 Å². The van der Waals surface area contributed by atoms with Gasteiger partial charge in [0.05, 0.1) is 0 Å². The predicted molar refractivity (Wildman–Crippen MR) is 46.9 cm³/mol. The van der Waals surface area contributed by atoms with Gasteiger partial charge in [-0.25, -0.2) is 0 Å². The Labute approximate surface area is 67.3 Å². The van der Waals surface area contributed by atoms with Gasteiger partial charge in [0.25, 0.3) is 0 Å². The first-order chi connectivity index (χ1) is 4.83. The number of nitrogens with one attached hydrogen (secondary N) is 1. The van der Waals surface area contributed by atoms with Crippen LogP contribution in [0.2, 0.25) is 0 Å². The number of alkyl halides is 1. The first kappa shape index (κ1) is 7.77. The summed E-state index contributed by atoms with van der Waals surface area (Å²) in [5, 5.41) is 3.81. The van der Waals surface area contributed by atoms with Crippen LogP contribution in [-0.4, -0.2) is 16.6 Å². The summed E-state index contributed by atoms with van der Waals surface area (Å²) in [6, 6.07) is 0. The van der Waals surface area contributed by atoms with Gasteiger partial charge in [0.15, 0.2) is 0 Å². The van der Waals surface area contributed by atoms with Gasteiger partial charge < -0.3 is 0 Å². The summed E-state index contributed by atoms with van der Waals surface area (Å²) in [5.41, 5.74) is 0. The van der Waals surface area contributed by atoms with E-state index in [1.54, 1.807) is 6.21 Å². The summed E-state index contributed by atoms with van der Waals surface area (Å²) >= 11 is -1.61. The molecular weight excluding hydrogens is 247 g/mol. The third-order valence-corrected chi connectivity index (χ3v) is 4.28. The van der Waals surface area contributed by atoms with Crippen LogP contribution in [0.25, 0.3) is 0 Å². The molecule has 5 heteroatoms. The molecule has 0 amide bonds. The van der Waals surface area contributed by atoms with E-state index in [-0.39, 0.29) is 5.97 Å². The van der Waals surface area contributed by atoms with E-state index in [4.69, 9.17) is 3.07 Å². The number of hydrogen-bond donors (Lipinski definition) is 1. The summed E-state index contributed by atoms with van der Waals surface area (Å²) in [5.74, 6) is -0.0796. The fourth-order valence-electron chi connectivity index (χ4n) is 0.507. The second-order valence-electron chi connectivity index (χ2n) is 1.68. The van der Waals surface area contributed by atoms with Crippen LogP contribution in [0.4, 0.5) is 0 Å². The van der Waals surface area contributed by atoms with Crippen molar-refractivity contribution in [2.24, 2.45) is 5.10 Å². The Morgan fingerprint density at radius 1 is 1.90 bits per heavy atom. The van der Waals surface area contributed by atoms with Gasteiger partial charge in [-0.05, 0) is 0 Å². The van der Waals surface area contributed by atoms with Crippen molar-refractivity contribution >= 4 is 32.7 Å². The van der Waals surface area contributed by atoms with Crippen LogP contribution in [0.15, 0.2) is 5.10 Å². The van der Waals surface area contributed by atoms with E-state index in [0.29, 0.717) is 6.42 Å². The quantitative estimate of drug-likeness (QED) is 0.262. The van der Waals surface area contributed by atoms with Crippen LogP contribution < -0.4 is 3.64 Å². The number of hydrogen-bond acceptors (Lipinski definition) is 4. The molecule has 58 valence electrons. The molecule has 1 heterocycles. The zero-order valence-corrected chi connectivity index (χ0v) is 7.79. The molecule has 0 atom stereocenters. The van der Waals surface area contributed by atoms with Crippen molar-refractivity contribution in [1.82, 2.24) is 3.64 Å². The van der Waals surface area contributed by atoms with E-state index >= 15 is 0 Å². The van der Waals surface area contributed by atoms with Crippen molar-refractivity contribution in [1.29, 1.82) is 0 Å². The Morgan fingerprint density at radius 2 is 2.70 bits per heavy atom. The van der Waals surface area contributed by atoms with Gasteiger partial charge in [-0.1, -0.05) is 0 Å². The van der Waals surface area contributed by atoms with E-state index in [9.17, 15) is 4.79 Å². The molecule has 0 unspecified atom stereocenters. The topological polar surface area (TPSA) is 50.7 Å². The molecule has 0 aliphatic carbocycles. The molecular formula is C5H9IN2O2. The van der Waals surface area contributed by atoms with Crippen LogP contribution in [0.3, 0.4) is 0 Å². The van der Waals surface area contributed by atoms with E-state index in [2.05, 4.69) is 8.74 Å². The van der Waals surface area contributed by atoms with E-state index in [0.717, 1.165) is 4.43 Å². The third-order valence-electron chi connectivity index (χ3n) is 0.922. The van der Waals surface area contributed by atoms with Gasteiger partial charge in [0.1, 0.15) is 0 Å². The zero-order chi connectivity index (χ0) is 7.40. The minimum absolute atomic E-state index is 0.0796. The maximum absolute atomic E-state index is 10.5. The third kappa shape index (κ3) is 2.13. The monoisotopic (exact) mass is 256 g/mol. The van der Waals surface area contributed by atoms with Crippen molar-refractivity contribution in [3.05, 3.63) is 0 Å². The Bertz CT molecular complexity index is 160. The molecule has 0 aromatic heterocycles. The van der Waals surface area contributed by atoms with E-state index < -0.39 is 20.5 Å². The molecule has 4 nitrogen and oxygen atoms in total. The molecule has 1 N–H and O–H groups in total. The van der Waals surface area contributed by atoms with Crippen LogP contribution in [-0.2, 0) is 7.86 Å². The molecule has 1 rings (SSSR count). The van der Waals surface area contributed by atoms with Crippen LogP contribution >= 0.6 is 20.5 Å². The Balaban J connectivity index is 2.24. The fourth-order valence-corrected chi connectivity index (χ4v) is 3.40. The first-order valence-electron chi connectivity index (χ1n) is 2.93. The Kier molecular flexibility index (Phi) is 2.91. The summed E-state index contributed by atoms with van der Waals surface area (Å²) in [4.78, 5) is 10.5. The molecule has 0 bridgehead atoms. The zero-order valence-electron chi connectivity index (χ0n) is 5.63. The molecule has 0 saturated carbocycles. The van der Waals surface area contributed by atoms with E-state index in [1.807, 2.05) is 6.92 Å². The average molecular weight is 256 g/mol. The summed E-state index contributed by atoms with van der Waals surface area (Å²) in [6.45, 7) is 1.82. The van der Waals surface area contributed by atoms with Gasteiger partial charge in [0.2, 0.25) is 0 Å². The first-order valence-corrected chi connectivity index (χ1v) is 6.42. The van der Waals surface area contributed by atoms with Crippen molar-refractivity contribution in [2.75, 3.05) is 4.43 Å². The van der Waals surface area contributed by atoms with Crippen molar-refractivity contribution in [3.8, 4) is 0 Å². The summed E-state index contributed by atoms with van der Waals surface area (Å²) < 4.78 is 8.68. The minimum atomic E-state index is -1.61. The van der Waals surface area contributed by atoms with Crippen molar-refractivity contribution in [2.45, 2.75) is 13.3 Å². The molecule has 1 aliphatic heterocycles. The number of carbonyl (C=O) groups is 1. The fraction of sp³-hybridized carbons (Fsp3) is 0.600. The number of halogens is 1. The summed E-state index contributed by atoms with van der Waals surface area (Å²) in [7, 11) is 0. The van der Waals surface area contributed by atoms with Crippen LogP contribution in [0.1, 0.15) is 13.3 Å². The predicted octanol–water partition coefficient (Wildman–Crippen LogP) is 0.865. The second-order valence-corrected chi connectivity index (χ2v) is 5.51. The van der Waals surface area contributed by atoms with Crippen molar-refractivity contribution in [3.63, 3.8) is 0 Å². The van der Waals surface area contributed by atoms with Gasteiger partial charge in [-0.2, -0.15) is 0 Å². The van der Waals surface area contributed by atoms with Gasteiger partial charge in [-0.3, -0.25) is 0 Å². The molecule has 0 aromatic rings. The number of hydrazone groups is 1. The van der Waals surface area contributed by atoms with Crippen LogP contribution in [0.5, 0.6) is 0 Å². The SMILES string of the molecule is C/C=N/NI1CCC(=O)O1. The van der Waals surface area contributed by atoms with Gasteiger partial charge in [-0.15, -0.1) is 0 Å². The van der Waals surface area contributed by atoms with Crippen molar-refractivity contribution < 1.29 is 7.86 Å². The molecule has 1 fully saturated rings. The molecule has 0 aromatic carbocycles. The molecule has 10 heavy (non-hydrogen) atoms. The number of rotatable bonds is 2. The number of carbonyl (C=O) groups excluding carboxylic acids is 1. The summed E-state index contributed by atoms with van der Waals surface area (Å²) in [6.07, 6.45) is 2.22. The molecule has 1 saturated heterocycles. The van der Waals surface area contributed by atoms with Crippen LogP contribution in [0, 0.1) is 0 Å². The molecule has 0 spiro atoms. The molecule has 0 radical (unpaired) electrons.